The van der Waals surface area contributed by atoms with E-state index in [1.54, 1.807) is 16.2 Å². The summed E-state index contributed by atoms with van der Waals surface area (Å²) in [6.07, 6.45) is 1.15. The van der Waals surface area contributed by atoms with Crippen LogP contribution in [-0.2, 0) is 11.3 Å². The molecule has 24 heavy (non-hydrogen) atoms. The number of amides is 1. The van der Waals surface area contributed by atoms with Crippen LogP contribution in [0.15, 0.2) is 46.3 Å². The summed E-state index contributed by atoms with van der Waals surface area (Å²) in [5, 5.41) is 6.67. The van der Waals surface area contributed by atoms with E-state index in [0.717, 1.165) is 10.4 Å². The molecule has 0 radical (unpaired) electrons. The fraction of sp³-hybridized carbons (Fsp3) is 0.235. The van der Waals surface area contributed by atoms with Crippen molar-refractivity contribution in [3.05, 3.63) is 58.3 Å². The SMILES string of the molecule is O=C1CCC(c2nc(-c3cccs3)no2)N1Cc1ccccc1Cl. The number of aromatic nitrogens is 2. The number of rotatable bonds is 4. The van der Waals surface area contributed by atoms with Gasteiger partial charge in [-0.2, -0.15) is 4.98 Å². The first-order valence-corrected chi connectivity index (χ1v) is 8.88. The normalized spacial score (nSPS) is 17.6. The minimum Gasteiger partial charge on any atom is -0.337 e. The number of benzene rings is 1. The molecule has 0 N–H and O–H groups in total. The van der Waals surface area contributed by atoms with Crippen molar-refractivity contribution >= 4 is 28.8 Å². The highest BCUT2D eigenvalue weighted by molar-refractivity contribution is 7.13. The summed E-state index contributed by atoms with van der Waals surface area (Å²) in [5.74, 6) is 1.13. The number of hydrogen-bond donors (Lipinski definition) is 0. The van der Waals surface area contributed by atoms with Gasteiger partial charge in [0.1, 0.15) is 6.04 Å². The lowest BCUT2D eigenvalue weighted by atomic mass is 10.2. The zero-order valence-electron chi connectivity index (χ0n) is 12.7. The van der Waals surface area contributed by atoms with Crippen molar-refractivity contribution < 1.29 is 9.32 Å². The molecule has 1 aliphatic rings. The molecule has 1 fully saturated rings. The van der Waals surface area contributed by atoms with Gasteiger partial charge >= 0.3 is 0 Å². The van der Waals surface area contributed by atoms with E-state index in [0.29, 0.717) is 36.1 Å². The molecule has 5 nitrogen and oxygen atoms in total. The summed E-state index contributed by atoms with van der Waals surface area (Å²) < 4.78 is 5.44. The van der Waals surface area contributed by atoms with Gasteiger partial charge in [-0.25, -0.2) is 0 Å². The monoisotopic (exact) mass is 359 g/mol. The summed E-state index contributed by atoms with van der Waals surface area (Å²) in [5.41, 5.74) is 0.914. The van der Waals surface area contributed by atoms with Crippen molar-refractivity contribution in [2.45, 2.75) is 25.4 Å². The molecule has 1 unspecified atom stereocenters. The minimum absolute atomic E-state index is 0.0794. The molecule has 1 aliphatic heterocycles. The topological polar surface area (TPSA) is 59.2 Å². The van der Waals surface area contributed by atoms with Gasteiger partial charge in [-0.1, -0.05) is 41.0 Å². The first-order chi connectivity index (χ1) is 11.7. The van der Waals surface area contributed by atoms with Gasteiger partial charge in [0, 0.05) is 18.0 Å². The predicted octanol–water partition coefficient (Wildman–Crippen LogP) is 4.32. The molecule has 1 amide bonds. The van der Waals surface area contributed by atoms with Gasteiger partial charge in [0.2, 0.25) is 17.6 Å². The number of carbonyl (C=O) groups excluding carboxylic acids is 1. The fourth-order valence-electron chi connectivity index (χ4n) is 2.88. The second-order valence-corrected chi connectivity index (χ2v) is 6.96. The molecule has 2 aromatic heterocycles. The van der Waals surface area contributed by atoms with Crippen LogP contribution in [0.25, 0.3) is 10.7 Å². The molecule has 0 bridgehead atoms. The largest absolute Gasteiger partial charge is 0.337 e. The molecule has 1 aromatic carbocycles. The smallest absolute Gasteiger partial charge is 0.249 e. The standard InChI is InChI=1S/C17H14ClN3O2S/c18-12-5-2-1-4-11(12)10-21-13(7-8-15(21)22)17-19-16(20-23-17)14-6-3-9-24-14/h1-6,9,13H,7-8,10H2. The van der Waals surface area contributed by atoms with Crippen molar-refractivity contribution in [3.63, 3.8) is 0 Å². The molecule has 3 aromatic rings. The third kappa shape index (κ3) is 2.83. The van der Waals surface area contributed by atoms with E-state index in [1.807, 2.05) is 41.8 Å². The average Bonchev–Trinajstić information content (AvgIpc) is 3.31. The number of likely N-dealkylation sites (tertiary alicyclic amines) is 1. The molecular weight excluding hydrogens is 346 g/mol. The lowest BCUT2D eigenvalue weighted by Gasteiger charge is -2.22. The van der Waals surface area contributed by atoms with E-state index in [2.05, 4.69) is 10.1 Å². The van der Waals surface area contributed by atoms with Crippen LogP contribution in [0, 0.1) is 0 Å². The number of halogens is 1. The van der Waals surface area contributed by atoms with Gasteiger partial charge in [0.25, 0.3) is 0 Å². The molecule has 3 heterocycles. The van der Waals surface area contributed by atoms with Gasteiger partial charge in [-0.05, 0) is 29.5 Å². The van der Waals surface area contributed by atoms with Crippen LogP contribution >= 0.6 is 22.9 Å². The molecule has 7 heteroatoms. The van der Waals surface area contributed by atoms with Crippen LogP contribution in [0.3, 0.4) is 0 Å². The van der Waals surface area contributed by atoms with Crippen molar-refractivity contribution in [1.82, 2.24) is 15.0 Å². The maximum Gasteiger partial charge on any atom is 0.249 e. The van der Waals surface area contributed by atoms with Crippen molar-refractivity contribution in [3.8, 4) is 10.7 Å². The molecule has 4 rings (SSSR count). The highest BCUT2D eigenvalue weighted by Crippen LogP contribution is 2.35. The van der Waals surface area contributed by atoms with E-state index in [4.69, 9.17) is 16.1 Å². The number of nitrogens with zero attached hydrogens (tertiary/aromatic N) is 3. The lowest BCUT2D eigenvalue weighted by molar-refractivity contribution is -0.129. The summed E-state index contributed by atoms with van der Waals surface area (Å²) in [4.78, 5) is 19.5. The van der Waals surface area contributed by atoms with Crippen LogP contribution < -0.4 is 0 Å². The van der Waals surface area contributed by atoms with E-state index < -0.39 is 0 Å². The third-order valence-electron chi connectivity index (χ3n) is 4.10. The zero-order valence-corrected chi connectivity index (χ0v) is 14.3. The number of hydrogen-bond acceptors (Lipinski definition) is 5. The molecule has 1 saturated heterocycles. The fourth-order valence-corrected chi connectivity index (χ4v) is 3.72. The summed E-state index contributed by atoms with van der Waals surface area (Å²) in [7, 11) is 0. The molecule has 0 aliphatic carbocycles. The van der Waals surface area contributed by atoms with E-state index >= 15 is 0 Å². The van der Waals surface area contributed by atoms with Crippen LogP contribution in [0.4, 0.5) is 0 Å². The van der Waals surface area contributed by atoms with Crippen molar-refractivity contribution in [2.75, 3.05) is 0 Å². The highest BCUT2D eigenvalue weighted by Gasteiger charge is 2.36. The Labute approximate surface area is 147 Å². The molecule has 122 valence electrons. The Morgan fingerprint density at radius 3 is 2.96 bits per heavy atom. The lowest BCUT2D eigenvalue weighted by Crippen LogP contribution is -2.27. The Morgan fingerprint density at radius 2 is 2.17 bits per heavy atom. The molecule has 0 saturated carbocycles. The summed E-state index contributed by atoms with van der Waals surface area (Å²) in [6, 6.07) is 11.2. The van der Waals surface area contributed by atoms with Gasteiger partial charge < -0.3 is 9.42 Å². The minimum atomic E-state index is -0.199. The second-order valence-electron chi connectivity index (χ2n) is 5.60. The first kappa shape index (κ1) is 15.4. The summed E-state index contributed by atoms with van der Waals surface area (Å²) >= 11 is 7.78. The first-order valence-electron chi connectivity index (χ1n) is 7.63. The average molecular weight is 360 g/mol. The van der Waals surface area contributed by atoms with Crippen LogP contribution in [0.5, 0.6) is 0 Å². The molecular formula is C17H14ClN3O2S. The van der Waals surface area contributed by atoms with Crippen molar-refractivity contribution in [2.24, 2.45) is 0 Å². The number of carbonyl (C=O) groups is 1. The Morgan fingerprint density at radius 1 is 1.29 bits per heavy atom. The maximum atomic E-state index is 12.3. The van der Waals surface area contributed by atoms with Gasteiger partial charge in [0.05, 0.1) is 4.88 Å². The van der Waals surface area contributed by atoms with Gasteiger partial charge in [-0.15, -0.1) is 11.3 Å². The van der Waals surface area contributed by atoms with Gasteiger partial charge in [-0.3, -0.25) is 4.79 Å². The Hall–Kier alpha value is -2.18. The molecule has 0 spiro atoms. The van der Waals surface area contributed by atoms with E-state index in [9.17, 15) is 4.79 Å². The van der Waals surface area contributed by atoms with Crippen LogP contribution in [0.2, 0.25) is 5.02 Å². The summed E-state index contributed by atoms with van der Waals surface area (Å²) in [6.45, 7) is 0.444. The van der Waals surface area contributed by atoms with Crippen molar-refractivity contribution in [1.29, 1.82) is 0 Å². The second kappa shape index (κ2) is 6.37. The van der Waals surface area contributed by atoms with E-state index in [1.165, 1.54) is 0 Å². The maximum absolute atomic E-state index is 12.3. The molecule has 1 atom stereocenters. The Bertz CT molecular complexity index is 862. The van der Waals surface area contributed by atoms with Crippen LogP contribution in [-0.4, -0.2) is 20.9 Å². The third-order valence-corrected chi connectivity index (χ3v) is 5.33. The number of thiophene rings is 1. The Kier molecular flexibility index (Phi) is 4.08. The quantitative estimate of drug-likeness (QED) is 0.696. The Balaban J connectivity index is 1.60. The van der Waals surface area contributed by atoms with Crippen LogP contribution in [0.1, 0.15) is 30.3 Å². The zero-order chi connectivity index (χ0) is 16.5. The van der Waals surface area contributed by atoms with E-state index in [-0.39, 0.29) is 11.9 Å². The predicted molar refractivity (Wildman–Crippen MR) is 91.6 cm³/mol. The van der Waals surface area contributed by atoms with Gasteiger partial charge in [0.15, 0.2) is 0 Å². The highest BCUT2D eigenvalue weighted by atomic mass is 35.5.